The summed E-state index contributed by atoms with van der Waals surface area (Å²) < 4.78 is 0. The number of fused-ring (bicyclic) bond motifs is 1. The lowest BCUT2D eigenvalue weighted by molar-refractivity contribution is 0.0733. The molecule has 0 unspecified atom stereocenters. The second kappa shape index (κ2) is 6.08. The first-order valence-corrected chi connectivity index (χ1v) is 8.23. The maximum Gasteiger partial charge on any atom is 0.254 e. The molecule has 0 radical (unpaired) electrons. The molecule has 5 heteroatoms. The summed E-state index contributed by atoms with van der Waals surface area (Å²) in [5.74, 6) is 0.988. The van der Waals surface area contributed by atoms with E-state index in [2.05, 4.69) is 10.3 Å². The number of carbonyl (C=O) groups is 1. The third kappa shape index (κ3) is 2.84. The highest BCUT2D eigenvalue weighted by Gasteiger charge is 2.25. The zero-order valence-corrected chi connectivity index (χ0v) is 13.0. The Bertz CT molecular complexity index is 710. The Labute approximate surface area is 135 Å². The quantitative estimate of drug-likeness (QED) is 0.923. The van der Waals surface area contributed by atoms with Gasteiger partial charge in [-0.05, 0) is 31.5 Å². The molecule has 118 valence electrons. The summed E-state index contributed by atoms with van der Waals surface area (Å²) in [6, 6.07) is 9.75. The average molecular weight is 308 g/mol. The number of rotatable bonds is 2. The number of carbonyl (C=O) groups excluding carboxylic acids is 1. The Morgan fingerprint density at radius 2 is 2.13 bits per heavy atom. The minimum Gasteiger partial charge on any atom is -0.334 e. The average Bonchev–Trinajstić information content (AvgIpc) is 3.15. The summed E-state index contributed by atoms with van der Waals surface area (Å²) in [6.45, 7) is 2.36. The van der Waals surface area contributed by atoms with Crippen molar-refractivity contribution in [3.63, 3.8) is 0 Å². The summed E-state index contributed by atoms with van der Waals surface area (Å²) in [6.07, 6.45) is 5.00. The van der Waals surface area contributed by atoms with Gasteiger partial charge in [0.15, 0.2) is 0 Å². The van der Waals surface area contributed by atoms with Gasteiger partial charge in [0.1, 0.15) is 5.82 Å². The van der Waals surface area contributed by atoms with E-state index in [4.69, 9.17) is 4.98 Å². The number of nitrogens with one attached hydrogen (secondary N) is 1. The van der Waals surface area contributed by atoms with Crippen molar-refractivity contribution in [2.45, 2.75) is 31.8 Å². The molecule has 1 N–H and O–H groups in total. The molecule has 0 saturated carbocycles. The largest absolute Gasteiger partial charge is 0.334 e. The van der Waals surface area contributed by atoms with Crippen LogP contribution >= 0.6 is 0 Å². The first kappa shape index (κ1) is 14.3. The molecule has 1 atom stereocenters. The van der Waals surface area contributed by atoms with E-state index in [-0.39, 0.29) is 5.91 Å². The number of hydrogen-bond donors (Lipinski definition) is 1. The molecule has 3 heterocycles. The summed E-state index contributed by atoms with van der Waals surface area (Å²) in [5, 5.41) is 3.44. The van der Waals surface area contributed by atoms with Gasteiger partial charge in [-0.2, -0.15) is 0 Å². The van der Waals surface area contributed by atoms with Crippen molar-refractivity contribution in [3.8, 4) is 0 Å². The van der Waals surface area contributed by atoms with Crippen molar-refractivity contribution >= 4 is 5.91 Å². The highest BCUT2D eigenvalue weighted by Crippen LogP contribution is 2.23. The molecule has 1 aromatic carbocycles. The molecule has 2 aliphatic heterocycles. The molecule has 0 spiro atoms. The Morgan fingerprint density at radius 3 is 2.91 bits per heavy atom. The van der Waals surface area contributed by atoms with Crippen LogP contribution in [0.5, 0.6) is 0 Å². The molecule has 2 aliphatic rings. The van der Waals surface area contributed by atoms with Crippen molar-refractivity contribution in [1.82, 2.24) is 20.2 Å². The van der Waals surface area contributed by atoms with E-state index in [1.165, 1.54) is 6.42 Å². The molecular weight excluding hydrogens is 288 g/mol. The molecule has 5 nitrogen and oxygen atoms in total. The van der Waals surface area contributed by atoms with Crippen molar-refractivity contribution in [2.24, 2.45) is 0 Å². The standard InChI is InChI=1S/C18H20N4O/c23-18(13-5-2-1-3-6-13)22-10-8-15-14(12-22)11-20-17(21-15)16-7-4-9-19-16/h1-3,5-6,11,16,19H,4,7-10,12H2/t16-/m0/s1. The highest BCUT2D eigenvalue weighted by atomic mass is 16.2. The zero-order chi connectivity index (χ0) is 15.6. The number of hydrogen-bond acceptors (Lipinski definition) is 4. The highest BCUT2D eigenvalue weighted by molar-refractivity contribution is 5.94. The molecule has 2 aromatic rings. The lowest BCUT2D eigenvalue weighted by Gasteiger charge is -2.28. The van der Waals surface area contributed by atoms with Crippen LogP contribution in [0.25, 0.3) is 0 Å². The van der Waals surface area contributed by atoms with E-state index in [0.29, 0.717) is 12.6 Å². The third-order valence-corrected chi connectivity index (χ3v) is 4.63. The fraction of sp³-hybridized carbons (Fsp3) is 0.389. The Hall–Kier alpha value is -2.27. The fourth-order valence-corrected chi connectivity index (χ4v) is 3.34. The van der Waals surface area contributed by atoms with Crippen LogP contribution in [-0.2, 0) is 13.0 Å². The Morgan fingerprint density at radius 1 is 1.26 bits per heavy atom. The molecule has 1 fully saturated rings. The SMILES string of the molecule is O=C(c1ccccc1)N1CCc2nc([C@@H]3CCCN3)ncc2C1. The molecule has 4 rings (SSSR count). The van der Waals surface area contributed by atoms with Crippen LogP contribution in [0.15, 0.2) is 36.5 Å². The van der Waals surface area contributed by atoms with Gasteiger partial charge in [0.25, 0.3) is 5.91 Å². The van der Waals surface area contributed by atoms with Gasteiger partial charge in [-0.15, -0.1) is 0 Å². The predicted molar refractivity (Wildman–Crippen MR) is 86.9 cm³/mol. The van der Waals surface area contributed by atoms with Crippen molar-refractivity contribution < 1.29 is 4.79 Å². The summed E-state index contributed by atoms with van der Waals surface area (Å²) in [4.78, 5) is 23.7. The second-order valence-corrected chi connectivity index (χ2v) is 6.19. The third-order valence-electron chi connectivity index (χ3n) is 4.63. The molecule has 1 amide bonds. The number of nitrogens with zero attached hydrogens (tertiary/aromatic N) is 3. The first-order valence-electron chi connectivity index (χ1n) is 8.23. The van der Waals surface area contributed by atoms with Crippen molar-refractivity contribution in [2.75, 3.05) is 13.1 Å². The van der Waals surface area contributed by atoms with E-state index in [0.717, 1.165) is 48.6 Å². The van der Waals surface area contributed by atoms with Crippen molar-refractivity contribution in [3.05, 3.63) is 59.2 Å². The molecule has 1 saturated heterocycles. The smallest absolute Gasteiger partial charge is 0.254 e. The minimum atomic E-state index is 0.0813. The van der Waals surface area contributed by atoms with Gasteiger partial charge in [-0.25, -0.2) is 9.97 Å². The van der Waals surface area contributed by atoms with Gasteiger partial charge in [0.05, 0.1) is 11.7 Å². The maximum absolute atomic E-state index is 12.6. The summed E-state index contributed by atoms with van der Waals surface area (Å²) in [7, 11) is 0. The topological polar surface area (TPSA) is 58.1 Å². The number of amides is 1. The Balaban J connectivity index is 1.52. The number of aromatic nitrogens is 2. The lowest BCUT2D eigenvalue weighted by atomic mass is 10.1. The van der Waals surface area contributed by atoms with Crippen LogP contribution in [0, 0.1) is 0 Å². The van der Waals surface area contributed by atoms with Crippen LogP contribution in [-0.4, -0.2) is 33.9 Å². The van der Waals surface area contributed by atoms with E-state index >= 15 is 0 Å². The van der Waals surface area contributed by atoms with Gasteiger partial charge in [-0.3, -0.25) is 4.79 Å². The Kier molecular flexibility index (Phi) is 3.79. The van der Waals surface area contributed by atoms with E-state index in [1.807, 2.05) is 41.4 Å². The molecule has 1 aromatic heterocycles. The van der Waals surface area contributed by atoms with Crippen LogP contribution in [0.2, 0.25) is 0 Å². The predicted octanol–water partition coefficient (Wildman–Crippen LogP) is 2.10. The van der Waals surface area contributed by atoms with Crippen LogP contribution in [0.3, 0.4) is 0 Å². The van der Waals surface area contributed by atoms with Crippen LogP contribution in [0.4, 0.5) is 0 Å². The van der Waals surface area contributed by atoms with E-state index in [1.54, 1.807) is 0 Å². The van der Waals surface area contributed by atoms with E-state index in [9.17, 15) is 4.79 Å². The summed E-state index contributed by atoms with van der Waals surface area (Å²) in [5.41, 5.74) is 2.91. The van der Waals surface area contributed by atoms with Gasteiger partial charge < -0.3 is 10.2 Å². The minimum absolute atomic E-state index is 0.0813. The monoisotopic (exact) mass is 308 g/mol. The van der Waals surface area contributed by atoms with E-state index < -0.39 is 0 Å². The molecule has 0 aliphatic carbocycles. The molecule has 23 heavy (non-hydrogen) atoms. The normalized spacial score (nSPS) is 20.3. The first-order chi connectivity index (χ1) is 11.3. The molecular formula is C18H20N4O. The summed E-state index contributed by atoms with van der Waals surface area (Å²) >= 11 is 0. The lowest BCUT2D eigenvalue weighted by Crippen LogP contribution is -2.36. The maximum atomic E-state index is 12.6. The second-order valence-electron chi connectivity index (χ2n) is 6.19. The van der Waals surface area contributed by atoms with Gasteiger partial charge >= 0.3 is 0 Å². The molecule has 0 bridgehead atoms. The fourth-order valence-electron chi connectivity index (χ4n) is 3.34. The van der Waals surface area contributed by atoms with Crippen LogP contribution in [0.1, 0.15) is 46.3 Å². The van der Waals surface area contributed by atoms with Crippen molar-refractivity contribution in [1.29, 1.82) is 0 Å². The van der Waals surface area contributed by atoms with Crippen LogP contribution < -0.4 is 5.32 Å². The van der Waals surface area contributed by atoms with Gasteiger partial charge in [0.2, 0.25) is 0 Å². The van der Waals surface area contributed by atoms with Gasteiger partial charge in [-0.1, -0.05) is 18.2 Å². The number of benzene rings is 1. The zero-order valence-electron chi connectivity index (χ0n) is 13.0. The van der Waals surface area contributed by atoms with Gasteiger partial charge in [0, 0.05) is 36.8 Å².